The van der Waals surface area contributed by atoms with Gasteiger partial charge in [-0.3, -0.25) is 0 Å². The van der Waals surface area contributed by atoms with Gasteiger partial charge in [0.2, 0.25) is 0 Å². The molecule has 0 amide bonds. The number of hydrogen-bond donors (Lipinski definition) is 2. The number of anilines is 1. The van der Waals surface area contributed by atoms with Crippen molar-refractivity contribution in [2.75, 3.05) is 19.0 Å². The summed E-state index contributed by atoms with van der Waals surface area (Å²) in [5.41, 5.74) is 2.10. The van der Waals surface area contributed by atoms with Gasteiger partial charge < -0.3 is 15.0 Å². The van der Waals surface area contributed by atoms with E-state index in [0.29, 0.717) is 17.0 Å². The van der Waals surface area contributed by atoms with Crippen LogP contribution in [0.1, 0.15) is 10.4 Å². The Balaban J connectivity index is 2.16. The van der Waals surface area contributed by atoms with Crippen LogP contribution in [0.15, 0.2) is 36.4 Å². The number of H-pyrrole nitrogens is 1. The van der Waals surface area contributed by atoms with Crippen LogP contribution in [0.25, 0.3) is 22.6 Å². The quantitative estimate of drug-likeness (QED) is 0.770. The molecule has 2 N–H and O–H groups in total. The van der Waals surface area contributed by atoms with Crippen molar-refractivity contribution in [3.05, 3.63) is 42.0 Å². The van der Waals surface area contributed by atoms with E-state index in [0.717, 1.165) is 11.3 Å². The van der Waals surface area contributed by atoms with E-state index in [1.807, 2.05) is 31.1 Å². The van der Waals surface area contributed by atoms with Gasteiger partial charge in [0.1, 0.15) is 11.6 Å². The average molecular weight is 282 g/mol. The SMILES string of the molecule is CN(C)c1ccc2[nH]c(-c3ccccc3C(=O)O)nc2n1. The lowest BCUT2D eigenvalue weighted by molar-refractivity contribution is 0.0697. The normalized spacial score (nSPS) is 10.8. The molecule has 1 aromatic carbocycles. The van der Waals surface area contributed by atoms with Gasteiger partial charge in [-0.1, -0.05) is 18.2 Å². The molecule has 2 aromatic heterocycles. The lowest BCUT2D eigenvalue weighted by Gasteiger charge is -2.09. The fraction of sp³-hybridized carbons (Fsp3) is 0.133. The topological polar surface area (TPSA) is 82.1 Å². The van der Waals surface area contributed by atoms with Gasteiger partial charge in [-0.2, -0.15) is 0 Å². The minimum absolute atomic E-state index is 0.212. The van der Waals surface area contributed by atoms with Crippen molar-refractivity contribution in [3.63, 3.8) is 0 Å². The summed E-state index contributed by atoms with van der Waals surface area (Å²) in [5, 5.41) is 9.25. The van der Waals surface area contributed by atoms with Gasteiger partial charge in [-0.05, 0) is 18.2 Å². The number of carboxylic acids is 1. The molecule has 3 rings (SSSR count). The molecule has 0 unspecified atom stereocenters. The summed E-state index contributed by atoms with van der Waals surface area (Å²) in [7, 11) is 3.81. The third kappa shape index (κ3) is 2.31. The van der Waals surface area contributed by atoms with Crippen molar-refractivity contribution in [1.82, 2.24) is 15.0 Å². The number of aromatic carboxylic acids is 1. The molecule has 0 spiro atoms. The Bertz CT molecular complexity index is 823. The number of fused-ring (bicyclic) bond motifs is 1. The molecule has 106 valence electrons. The van der Waals surface area contributed by atoms with E-state index in [4.69, 9.17) is 0 Å². The van der Waals surface area contributed by atoms with Gasteiger partial charge in [0, 0.05) is 19.7 Å². The van der Waals surface area contributed by atoms with Gasteiger partial charge in [-0.25, -0.2) is 14.8 Å². The van der Waals surface area contributed by atoms with E-state index in [9.17, 15) is 9.90 Å². The highest BCUT2D eigenvalue weighted by atomic mass is 16.4. The Hall–Kier alpha value is -2.89. The predicted molar refractivity (Wildman–Crippen MR) is 80.6 cm³/mol. The highest BCUT2D eigenvalue weighted by molar-refractivity contribution is 5.95. The Morgan fingerprint density at radius 2 is 1.90 bits per heavy atom. The third-order valence-electron chi connectivity index (χ3n) is 3.20. The standard InChI is InChI=1S/C15H14N4O2/c1-19(2)12-8-7-11-14(17-12)18-13(16-11)9-5-3-4-6-10(9)15(20)21/h3-8H,1-2H3,(H,20,21)(H,16,17,18). The number of pyridine rings is 1. The summed E-state index contributed by atoms with van der Waals surface area (Å²) in [6.07, 6.45) is 0. The zero-order chi connectivity index (χ0) is 15.0. The average Bonchev–Trinajstić information content (AvgIpc) is 2.89. The lowest BCUT2D eigenvalue weighted by Crippen LogP contribution is -2.10. The molecular weight excluding hydrogens is 268 g/mol. The number of carboxylic acid groups (broad SMARTS) is 1. The molecule has 0 bridgehead atoms. The minimum atomic E-state index is -0.979. The van der Waals surface area contributed by atoms with Crippen LogP contribution in [0.5, 0.6) is 0 Å². The van der Waals surface area contributed by atoms with Crippen LogP contribution in [-0.2, 0) is 0 Å². The first kappa shape index (κ1) is 13.1. The maximum absolute atomic E-state index is 11.3. The minimum Gasteiger partial charge on any atom is -0.478 e. The molecule has 0 saturated carbocycles. The summed E-state index contributed by atoms with van der Waals surface area (Å²) in [6.45, 7) is 0. The maximum Gasteiger partial charge on any atom is 0.336 e. The Morgan fingerprint density at radius 1 is 1.14 bits per heavy atom. The fourth-order valence-electron chi connectivity index (χ4n) is 2.14. The summed E-state index contributed by atoms with van der Waals surface area (Å²) in [4.78, 5) is 25.1. The van der Waals surface area contributed by atoms with Crippen molar-refractivity contribution >= 4 is 23.0 Å². The summed E-state index contributed by atoms with van der Waals surface area (Å²) >= 11 is 0. The molecule has 21 heavy (non-hydrogen) atoms. The van der Waals surface area contributed by atoms with Crippen LogP contribution < -0.4 is 4.90 Å². The second kappa shape index (κ2) is 4.90. The van der Waals surface area contributed by atoms with Gasteiger partial charge in [0.15, 0.2) is 5.65 Å². The van der Waals surface area contributed by atoms with Gasteiger partial charge in [0.25, 0.3) is 0 Å². The molecule has 6 heteroatoms. The Morgan fingerprint density at radius 3 is 2.62 bits per heavy atom. The second-order valence-electron chi connectivity index (χ2n) is 4.87. The van der Waals surface area contributed by atoms with Crippen molar-refractivity contribution in [1.29, 1.82) is 0 Å². The number of aromatic nitrogens is 3. The number of hydrogen-bond acceptors (Lipinski definition) is 4. The molecule has 0 radical (unpaired) electrons. The van der Waals surface area contributed by atoms with E-state index >= 15 is 0 Å². The maximum atomic E-state index is 11.3. The second-order valence-corrected chi connectivity index (χ2v) is 4.87. The molecular formula is C15H14N4O2. The third-order valence-corrected chi connectivity index (χ3v) is 3.20. The van der Waals surface area contributed by atoms with Crippen molar-refractivity contribution in [2.45, 2.75) is 0 Å². The van der Waals surface area contributed by atoms with Crippen LogP contribution >= 0.6 is 0 Å². The molecule has 0 saturated heterocycles. The van der Waals surface area contributed by atoms with Crippen LogP contribution in [0.4, 0.5) is 5.82 Å². The van der Waals surface area contributed by atoms with E-state index in [1.165, 1.54) is 0 Å². The number of nitrogens with zero attached hydrogens (tertiary/aromatic N) is 3. The number of carbonyl (C=O) groups is 1. The van der Waals surface area contributed by atoms with Gasteiger partial charge in [0.05, 0.1) is 11.1 Å². The number of aromatic amines is 1. The molecule has 0 aliphatic carbocycles. The zero-order valence-electron chi connectivity index (χ0n) is 11.7. The van der Waals surface area contributed by atoms with Gasteiger partial charge >= 0.3 is 5.97 Å². The molecule has 0 aliphatic rings. The summed E-state index contributed by atoms with van der Waals surface area (Å²) in [5.74, 6) is 0.325. The largest absolute Gasteiger partial charge is 0.478 e. The lowest BCUT2D eigenvalue weighted by atomic mass is 10.1. The highest BCUT2D eigenvalue weighted by Crippen LogP contribution is 2.24. The summed E-state index contributed by atoms with van der Waals surface area (Å²) < 4.78 is 0. The first-order valence-corrected chi connectivity index (χ1v) is 6.43. The smallest absolute Gasteiger partial charge is 0.336 e. The zero-order valence-corrected chi connectivity index (χ0v) is 11.7. The van der Waals surface area contributed by atoms with E-state index < -0.39 is 5.97 Å². The first-order chi connectivity index (χ1) is 10.1. The van der Waals surface area contributed by atoms with Crippen LogP contribution in [0, 0.1) is 0 Å². The number of imidazole rings is 1. The monoisotopic (exact) mass is 282 g/mol. The molecule has 0 aliphatic heterocycles. The van der Waals surface area contributed by atoms with E-state index in [-0.39, 0.29) is 5.56 Å². The number of rotatable bonds is 3. The molecule has 3 aromatic rings. The van der Waals surface area contributed by atoms with Crippen molar-refractivity contribution < 1.29 is 9.90 Å². The fourth-order valence-corrected chi connectivity index (χ4v) is 2.14. The molecule has 0 atom stereocenters. The number of benzene rings is 1. The predicted octanol–water partition coefficient (Wildman–Crippen LogP) is 2.39. The van der Waals surface area contributed by atoms with Crippen molar-refractivity contribution in [2.24, 2.45) is 0 Å². The van der Waals surface area contributed by atoms with Gasteiger partial charge in [-0.15, -0.1) is 0 Å². The van der Waals surface area contributed by atoms with Crippen LogP contribution in [0.3, 0.4) is 0 Å². The van der Waals surface area contributed by atoms with E-state index in [2.05, 4.69) is 15.0 Å². The van der Waals surface area contributed by atoms with Crippen molar-refractivity contribution in [3.8, 4) is 11.4 Å². The molecule has 2 heterocycles. The van der Waals surface area contributed by atoms with Crippen LogP contribution in [-0.4, -0.2) is 40.1 Å². The Labute approximate surface area is 121 Å². The summed E-state index contributed by atoms with van der Waals surface area (Å²) in [6, 6.07) is 10.5. The van der Waals surface area contributed by atoms with E-state index in [1.54, 1.807) is 24.3 Å². The van der Waals surface area contributed by atoms with Crippen LogP contribution in [0.2, 0.25) is 0 Å². The first-order valence-electron chi connectivity index (χ1n) is 6.43. The highest BCUT2D eigenvalue weighted by Gasteiger charge is 2.14. The molecule has 0 fully saturated rings. The molecule has 6 nitrogen and oxygen atoms in total. The Kier molecular flexibility index (Phi) is 3.06. The number of nitrogens with one attached hydrogen (secondary N) is 1.